The second kappa shape index (κ2) is 7.70. The fourth-order valence-corrected chi connectivity index (χ4v) is 2.70. The number of halogens is 1. The van der Waals surface area contributed by atoms with Gasteiger partial charge in [0.15, 0.2) is 10.8 Å². The largest absolute Gasteiger partial charge is 0.456 e. The molecule has 3 aromatic rings. The van der Waals surface area contributed by atoms with Crippen molar-refractivity contribution >= 4 is 22.4 Å². The minimum Gasteiger partial charge on any atom is -0.456 e. The SMILES string of the molecule is O=C(OCc1ccc(F)cc1)c1csc(NCc2ccccc2)n1. The van der Waals surface area contributed by atoms with Crippen LogP contribution in [-0.4, -0.2) is 11.0 Å². The Morgan fingerprint density at radius 1 is 1.08 bits per heavy atom. The topological polar surface area (TPSA) is 51.2 Å². The number of esters is 1. The summed E-state index contributed by atoms with van der Waals surface area (Å²) in [5.74, 6) is -0.818. The molecule has 122 valence electrons. The first kappa shape index (κ1) is 16.1. The van der Waals surface area contributed by atoms with Crippen LogP contribution in [0.5, 0.6) is 0 Å². The first-order chi connectivity index (χ1) is 11.7. The van der Waals surface area contributed by atoms with Gasteiger partial charge in [-0.15, -0.1) is 11.3 Å². The molecule has 1 N–H and O–H groups in total. The molecule has 0 aliphatic carbocycles. The van der Waals surface area contributed by atoms with Gasteiger partial charge in [0.25, 0.3) is 0 Å². The molecule has 24 heavy (non-hydrogen) atoms. The van der Waals surface area contributed by atoms with Crippen LogP contribution in [0.15, 0.2) is 60.0 Å². The molecular formula is C18H15FN2O2S. The van der Waals surface area contributed by atoms with Gasteiger partial charge in [0, 0.05) is 11.9 Å². The molecule has 0 saturated carbocycles. The number of aromatic nitrogens is 1. The Morgan fingerprint density at radius 2 is 1.83 bits per heavy atom. The average Bonchev–Trinajstić information content (AvgIpc) is 3.09. The van der Waals surface area contributed by atoms with E-state index in [1.165, 1.54) is 23.5 Å². The molecule has 0 saturated heterocycles. The van der Waals surface area contributed by atoms with E-state index in [4.69, 9.17) is 4.74 Å². The molecule has 0 atom stereocenters. The van der Waals surface area contributed by atoms with Gasteiger partial charge in [-0.25, -0.2) is 14.2 Å². The summed E-state index contributed by atoms with van der Waals surface area (Å²) in [6.07, 6.45) is 0. The number of hydrogen-bond donors (Lipinski definition) is 1. The first-order valence-corrected chi connectivity index (χ1v) is 8.23. The summed E-state index contributed by atoms with van der Waals surface area (Å²) in [4.78, 5) is 16.2. The number of carbonyl (C=O) groups excluding carboxylic acids is 1. The molecule has 1 aromatic heterocycles. The van der Waals surface area contributed by atoms with E-state index in [-0.39, 0.29) is 18.1 Å². The van der Waals surface area contributed by atoms with E-state index in [0.29, 0.717) is 11.7 Å². The number of nitrogens with zero attached hydrogens (tertiary/aromatic N) is 1. The number of rotatable bonds is 6. The number of anilines is 1. The minimum atomic E-state index is -0.497. The zero-order chi connectivity index (χ0) is 16.8. The Balaban J connectivity index is 1.52. The Hall–Kier alpha value is -2.73. The molecule has 0 aliphatic rings. The van der Waals surface area contributed by atoms with E-state index < -0.39 is 5.97 Å². The molecule has 0 bridgehead atoms. The van der Waals surface area contributed by atoms with Crippen molar-refractivity contribution in [3.8, 4) is 0 Å². The predicted molar refractivity (Wildman–Crippen MR) is 91.4 cm³/mol. The molecule has 0 spiro atoms. The van der Waals surface area contributed by atoms with Gasteiger partial charge in [-0.2, -0.15) is 0 Å². The van der Waals surface area contributed by atoms with Gasteiger partial charge >= 0.3 is 5.97 Å². The van der Waals surface area contributed by atoms with Crippen molar-refractivity contribution in [2.45, 2.75) is 13.2 Å². The number of nitrogens with one attached hydrogen (secondary N) is 1. The lowest BCUT2D eigenvalue weighted by molar-refractivity contribution is 0.0467. The number of thiazole rings is 1. The van der Waals surface area contributed by atoms with Crippen LogP contribution in [0.1, 0.15) is 21.6 Å². The highest BCUT2D eigenvalue weighted by atomic mass is 32.1. The Labute approximate surface area is 142 Å². The highest BCUT2D eigenvalue weighted by Crippen LogP contribution is 2.17. The third-order valence-corrected chi connectivity index (χ3v) is 4.08. The summed E-state index contributed by atoms with van der Waals surface area (Å²) in [7, 11) is 0. The molecule has 0 amide bonds. The lowest BCUT2D eigenvalue weighted by atomic mass is 10.2. The monoisotopic (exact) mass is 342 g/mol. The molecule has 3 rings (SSSR count). The molecule has 4 nitrogen and oxygen atoms in total. The second-order valence-electron chi connectivity index (χ2n) is 5.08. The van der Waals surface area contributed by atoms with Crippen LogP contribution in [0.4, 0.5) is 9.52 Å². The van der Waals surface area contributed by atoms with Crippen molar-refractivity contribution in [1.29, 1.82) is 0 Å². The predicted octanol–water partition coefficient (Wildman–Crippen LogP) is 4.25. The maximum atomic E-state index is 12.8. The van der Waals surface area contributed by atoms with E-state index >= 15 is 0 Å². The molecule has 6 heteroatoms. The third-order valence-electron chi connectivity index (χ3n) is 3.28. The van der Waals surface area contributed by atoms with Crippen LogP contribution in [-0.2, 0) is 17.9 Å². The lowest BCUT2D eigenvalue weighted by Crippen LogP contribution is -2.06. The van der Waals surface area contributed by atoms with E-state index in [1.807, 2.05) is 30.3 Å². The number of ether oxygens (including phenoxy) is 1. The average molecular weight is 342 g/mol. The quantitative estimate of drug-likeness (QED) is 0.680. The second-order valence-corrected chi connectivity index (χ2v) is 5.94. The highest BCUT2D eigenvalue weighted by Gasteiger charge is 2.12. The maximum Gasteiger partial charge on any atom is 0.358 e. The molecule has 0 radical (unpaired) electrons. The Kier molecular flexibility index (Phi) is 5.18. The van der Waals surface area contributed by atoms with Crippen LogP contribution in [0.25, 0.3) is 0 Å². The standard InChI is InChI=1S/C18H15FN2O2S/c19-15-8-6-14(7-9-15)11-23-17(22)16-12-24-18(21-16)20-10-13-4-2-1-3-5-13/h1-9,12H,10-11H2,(H,20,21). The van der Waals surface area contributed by atoms with Crippen LogP contribution in [0, 0.1) is 5.82 Å². The van der Waals surface area contributed by atoms with Crippen molar-refractivity contribution in [3.05, 3.63) is 82.6 Å². The van der Waals surface area contributed by atoms with E-state index in [1.54, 1.807) is 17.5 Å². The smallest absolute Gasteiger partial charge is 0.358 e. The summed E-state index contributed by atoms with van der Waals surface area (Å²) in [5.41, 5.74) is 2.12. The van der Waals surface area contributed by atoms with Gasteiger partial charge in [0.2, 0.25) is 0 Å². The van der Waals surface area contributed by atoms with Gasteiger partial charge in [-0.05, 0) is 23.3 Å². The van der Waals surface area contributed by atoms with Gasteiger partial charge < -0.3 is 10.1 Å². The third kappa shape index (κ3) is 4.39. The fourth-order valence-electron chi connectivity index (χ4n) is 2.03. The number of hydrogen-bond acceptors (Lipinski definition) is 5. The zero-order valence-corrected chi connectivity index (χ0v) is 13.6. The Morgan fingerprint density at radius 3 is 2.58 bits per heavy atom. The van der Waals surface area contributed by atoms with Crippen molar-refractivity contribution < 1.29 is 13.9 Å². The van der Waals surface area contributed by atoms with Gasteiger partial charge in [-0.3, -0.25) is 0 Å². The van der Waals surface area contributed by atoms with Gasteiger partial charge in [0.1, 0.15) is 12.4 Å². The van der Waals surface area contributed by atoms with E-state index in [0.717, 1.165) is 11.1 Å². The van der Waals surface area contributed by atoms with Crippen molar-refractivity contribution in [2.24, 2.45) is 0 Å². The highest BCUT2D eigenvalue weighted by molar-refractivity contribution is 7.13. The number of carbonyl (C=O) groups is 1. The summed E-state index contributed by atoms with van der Waals surface area (Å²) >= 11 is 1.35. The summed E-state index contributed by atoms with van der Waals surface area (Å²) in [6.45, 7) is 0.724. The first-order valence-electron chi connectivity index (χ1n) is 7.35. The minimum absolute atomic E-state index is 0.0867. The van der Waals surface area contributed by atoms with Crippen LogP contribution in [0.3, 0.4) is 0 Å². The Bertz CT molecular complexity index is 803. The van der Waals surface area contributed by atoms with Gasteiger partial charge in [-0.1, -0.05) is 42.5 Å². The van der Waals surface area contributed by atoms with E-state index in [2.05, 4.69) is 10.3 Å². The van der Waals surface area contributed by atoms with Crippen LogP contribution < -0.4 is 5.32 Å². The lowest BCUT2D eigenvalue weighted by Gasteiger charge is -2.03. The zero-order valence-electron chi connectivity index (χ0n) is 12.7. The van der Waals surface area contributed by atoms with Crippen molar-refractivity contribution in [3.63, 3.8) is 0 Å². The maximum absolute atomic E-state index is 12.8. The van der Waals surface area contributed by atoms with E-state index in [9.17, 15) is 9.18 Å². The summed E-state index contributed by atoms with van der Waals surface area (Å²) in [6, 6.07) is 15.7. The fraction of sp³-hybridized carbons (Fsp3) is 0.111. The molecule has 0 aliphatic heterocycles. The summed E-state index contributed by atoms with van der Waals surface area (Å²) < 4.78 is 18.0. The van der Waals surface area contributed by atoms with Crippen LogP contribution in [0.2, 0.25) is 0 Å². The molecule has 0 fully saturated rings. The number of benzene rings is 2. The van der Waals surface area contributed by atoms with Crippen molar-refractivity contribution in [2.75, 3.05) is 5.32 Å². The van der Waals surface area contributed by atoms with Crippen molar-refractivity contribution in [1.82, 2.24) is 4.98 Å². The molecular weight excluding hydrogens is 327 g/mol. The van der Waals surface area contributed by atoms with Gasteiger partial charge in [0.05, 0.1) is 0 Å². The molecule has 1 heterocycles. The summed E-state index contributed by atoms with van der Waals surface area (Å²) in [5, 5.41) is 5.49. The normalized spacial score (nSPS) is 10.4. The molecule has 0 unspecified atom stereocenters. The molecule has 2 aromatic carbocycles. The van der Waals surface area contributed by atoms with Crippen LogP contribution >= 0.6 is 11.3 Å².